The molecule has 2 aliphatic carbocycles. The van der Waals surface area contributed by atoms with E-state index in [1.807, 2.05) is 34.8 Å². The summed E-state index contributed by atoms with van der Waals surface area (Å²) in [6.45, 7) is 31.3. The predicted molar refractivity (Wildman–Crippen MR) is 445 cm³/mol. The number of Topliss-reactive ketones (excluding diaryl/α,β-unsaturated/α-hetero) is 2. The predicted octanol–water partition coefficient (Wildman–Crippen LogP) is 28.9. The summed E-state index contributed by atoms with van der Waals surface area (Å²) >= 11 is 11.7. The average Bonchev–Trinajstić information content (AvgIpc) is 1.48. The Hall–Kier alpha value is -7.70. The van der Waals surface area contributed by atoms with E-state index in [-0.39, 0.29) is 55.9 Å². The van der Waals surface area contributed by atoms with Crippen LogP contribution in [0.15, 0.2) is 46.8 Å². The van der Waals surface area contributed by atoms with Crippen LogP contribution in [-0.2, 0) is 25.9 Å². The lowest BCUT2D eigenvalue weighted by Gasteiger charge is -2.20. The Morgan fingerprint density at radius 2 is 0.785 bits per heavy atom. The van der Waals surface area contributed by atoms with Crippen LogP contribution < -0.4 is 0 Å². The molecule has 107 heavy (non-hydrogen) atoms. The molecule has 0 spiro atoms. The minimum atomic E-state index is -1.17. The molecule has 10 nitrogen and oxygen atoms in total. The van der Waals surface area contributed by atoms with E-state index in [1.54, 1.807) is 57.5 Å². The van der Waals surface area contributed by atoms with Crippen LogP contribution in [0.2, 0.25) is 0 Å². The fraction of sp³-hybridized carbons (Fsp3) is 0.442. The van der Waals surface area contributed by atoms with E-state index in [0.29, 0.717) is 11.8 Å². The molecule has 0 bridgehead atoms. The maximum absolute atomic E-state index is 15.2. The highest BCUT2D eigenvalue weighted by Crippen LogP contribution is 2.59. The molecule has 12 aromatic rings. The first-order chi connectivity index (χ1) is 52.2. The van der Waals surface area contributed by atoms with E-state index in [9.17, 15) is 20.1 Å². The molecule has 0 radical (unpaired) electrons. The number of allylic oxidation sites excluding steroid dienone is 6. The van der Waals surface area contributed by atoms with Gasteiger partial charge in [0.2, 0.25) is 0 Å². The standard InChI is InChI=1S/C86H86F4N8O2S7/c1-9-15-19-21-23-25-27-29-31-35-49-63(41-55-65(61(43-91)93-7)51-37-57(87)59(89)39-53(51)75(55)99)101-83-77(49)103-81-73-79(105-85(81)83)67-69-70(96-107-95-69)68-72(71(67)97(73)45-47(13-5)33-17-11-3)98(46-48(14-6)34-18-12-4)74-80(68)106-86-82(74)104-78-50(36-32-30-28-26-24-22-20-16-10-2)64(102-84(78)86)42-56-66(62(44-92)94-8)52-38-58(88)60(90)40-54(52)76(56)100/h37-42,47-48H,9-36,45-46H2,1-6H3/b55-41-,56-42-,65-61+,66-62?. The van der Waals surface area contributed by atoms with Gasteiger partial charge in [0.15, 0.2) is 34.8 Å². The van der Waals surface area contributed by atoms with Gasteiger partial charge in [-0.2, -0.15) is 8.75 Å². The summed E-state index contributed by atoms with van der Waals surface area (Å²) in [6.07, 6.45) is 34.2. The summed E-state index contributed by atoms with van der Waals surface area (Å²) in [5.74, 6) is -5.04. The first-order valence-corrected chi connectivity index (χ1v) is 44.3. The number of hydrogen-bond donors (Lipinski definition) is 0. The Morgan fingerprint density at radius 3 is 1.13 bits per heavy atom. The van der Waals surface area contributed by atoms with Crippen LogP contribution in [0.3, 0.4) is 0 Å². The van der Waals surface area contributed by atoms with Crippen molar-refractivity contribution in [2.24, 2.45) is 11.8 Å². The van der Waals surface area contributed by atoms with Crippen LogP contribution in [0.1, 0.15) is 261 Å². The van der Waals surface area contributed by atoms with Gasteiger partial charge in [0.1, 0.15) is 11.0 Å². The average molecular weight is 1560 g/mol. The third kappa shape index (κ3) is 13.9. The van der Waals surface area contributed by atoms with E-state index >= 15 is 17.6 Å². The fourth-order valence-electron chi connectivity index (χ4n) is 16.6. The van der Waals surface area contributed by atoms with E-state index in [0.717, 1.165) is 233 Å². The van der Waals surface area contributed by atoms with Crippen LogP contribution in [0, 0.1) is 70.9 Å². The lowest BCUT2D eigenvalue weighted by atomic mass is 9.99. The number of aryl methyl sites for hydroxylation is 2. The molecule has 0 fully saturated rings. The molecule has 14 rings (SSSR count). The van der Waals surface area contributed by atoms with Crippen LogP contribution in [0.25, 0.3) is 124 Å². The van der Waals surface area contributed by atoms with Crippen molar-refractivity contribution in [3.05, 3.63) is 136 Å². The molecule has 2 unspecified atom stereocenters. The van der Waals surface area contributed by atoms with Gasteiger partial charge in [-0.05, 0) is 109 Å². The van der Waals surface area contributed by atoms with Crippen molar-refractivity contribution in [2.75, 3.05) is 0 Å². The summed E-state index contributed by atoms with van der Waals surface area (Å²) in [7, 11) is 0. The Kier molecular flexibility index (Phi) is 23.6. The molecule has 21 heteroatoms. The SMILES string of the molecule is [C-]#[N+]C(C#N)=C1/C(=C/c2sc3c(sc4c3sc3c5c6nsnc6c6c7sc8c9sc(/C=C%10\C(=O)c%11cc(F)c(F)cc%11\C%10=C(\C#N)[N+]#[C-])c(CCCCCCCCCCC)c9sc8c7n(CC(CC)CCCC)c6c5n(CC(CC)CCCC)c43)c2CCCCCCCCCCC)C(=O)c2cc(F)c(F)cc21. The van der Waals surface area contributed by atoms with Crippen molar-refractivity contribution in [3.63, 3.8) is 0 Å². The Labute approximate surface area is 650 Å². The number of aromatic nitrogens is 4. The van der Waals surface area contributed by atoms with Crippen LogP contribution in [0.4, 0.5) is 17.6 Å². The molecule has 552 valence electrons. The summed E-state index contributed by atoms with van der Waals surface area (Å²) in [5.41, 5.74) is 8.18. The number of nitrogens with zero attached hydrogens (tertiary/aromatic N) is 8. The van der Waals surface area contributed by atoms with Crippen LogP contribution in [0.5, 0.6) is 0 Å². The number of fused-ring (bicyclic) bond motifs is 20. The van der Waals surface area contributed by atoms with Gasteiger partial charge in [-0.25, -0.2) is 37.8 Å². The number of unbranched alkanes of at least 4 members (excludes halogenated alkanes) is 18. The van der Waals surface area contributed by atoms with Crippen molar-refractivity contribution >= 4 is 205 Å². The fourth-order valence-corrected chi connectivity index (χ4v) is 26.3. The number of carbonyl (C=O) groups excluding carboxylic acids is 2. The van der Waals surface area contributed by atoms with Crippen molar-refractivity contribution in [1.82, 2.24) is 17.9 Å². The number of hydrogen-bond acceptors (Lipinski definition) is 13. The van der Waals surface area contributed by atoms with Crippen molar-refractivity contribution in [1.29, 1.82) is 10.5 Å². The second-order valence-corrected chi connectivity index (χ2v) is 35.9. The summed E-state index contributed by atoms with van der Waals surface area (Å²) in [5, 5.41) is 22.9. The zero-order valence-electron chi connectivity index (χ0n) is 61.6. The lowest BCUT2D eigenvalue weighted by molar-refractivity contribution is 0.103. The summed E-state index contributed by atoms with van der Waals surface area (Å²) < 4.78 is 87.9. The van der Waals surface area contributed by atoms with Crippen LogP contribution in [-0.4, -0.2) is 29.4 Å². The van der Waals surface area contributed by atoms with Crippen molar-refractivity contribution < 1.29 is 27.2 Å². The normalized spacial score (nSPS) is 15.6. The summed E-state index contributed by atoms with van der Waals surface area (Å²) in [6, 6.07) is 7.61. The highest BCUT2D eigenvalue weighted by Gasteiger charge is 2.39. The minimum Gasteiger partial charge on any atom is -0.337 e. The second-order valence-electron chi connectivity index (χ2n) is 29.2. The largest absolute Gasteiger partial charge is 0.337 e. The quantitative estimate of drug-likeness (QED) is 0.0130. The van der Waals surface area contributed by atoms with E-state index in [2.05, 4.69) is 60.4 Å². The number of benzene rings is 3. The second kappa shape index (κ2) is 33.2. The molecule has 9 heterocycles. The maximum atomic E-state index is 15.2. The molecule has 0 amide bonds. The number of carbonyl (C=O) groups is 2. The van der Waals surface area contributed by atoms with Crippen molar-refractivity contribution in [2.45, 2.75) is 234 Å². The third-order valence-corrected chi connectivity index (χ3v) is 31.0. The zero-order valence-corrected chi connectivity index (χ0v) is 67.3. The Bertz CT molecular complexity index is 5450. The smallest absolute Gasteiger partial charge is 0.270 e. The molecule has 9 aromatic heterocycles. The Morgan fingerprint density at radius 1 is 0.449 bits per heavy atom. The highest BCUT2D eigenvalue weighted by molar-refractivity contribution is 7.43. The third-order valence-electron chi connectivity index (χ3n) is 22.3. The van der Waals surface area contributed by atoms with Gasteiger partial charge in [-0.3, -0.25) is 9.59 Å². The monoisotopic (exact) mass is 1560 g/mol. The molecular formula is C86H86F4N8O2S7. The van der Waals surface area contributed by atoms with Gasteiger partial charge in [0.25, 0.3) is 11.4 Å². The summed E-state index contributed by atoms with van der Waals surface area (Å²) in [4.78, 5) is 38.0. The number of nitriles is 2. The number of rotatable bonds is 34. The highest BCUT2D eigenvalue weighted by atomic mass is 32.1. The van der Waals surface area contributed by atoms with Gasteiger partial charge >= 0.3 is 0 Å². The van der Waals surface area contributed by atoms with Gasteiger partial charge in [-0.15, -0.1) is 68.0 Å². The number of thiophene rings is 6. The molecule has 0 aliphatic heterocycles. The van der Waals surface area contributed by atoms with E-state index < -0.39 is 34.8 Å². The first kappa shape index (κ1) is 76.1. The molecule has 0 N–H and O–H groups in total. The van der Waals surface area contributed by atoms with Gasteiger partial charge in [-0.1, -0.05) is 183 Å². The van der Waals surface area contributed by atoms with Gasteiger partial charge < -0.3 is 9.13 Å². The molecule has 0 saturated carbocycles. The molecule has 3 aromatic carbocycles. The maximum Gasteiger partial charge on any atom is 0.270 e. The Balaban J connectivity index is 0.998. The van der Waals surface area contributed by atoms with E-state index in [1.165, 1.54) is 107 Å². The molecular weight excluding hydrogens is 1480 g/mol. The topological polar surface area (TPSA) is 126 Å². The van der Waals surface area contributed by atoms with Gasteiger partial charge in [0, 0.05) is 67.0 Å². The van der Waals surface area contributed by atoms with E-state index in [4.69, 9.17) is 21.9 Å². The van der Waals surface area contributed by atoms with Crippen LogP contribution >= 0.6 is 79.7 Å². The molecule has 0 saturated heterocycles. The first-order valence-electron chi connectivity index (χ1n) is 38.7. The number of halogens is 4. The van der Waals surface area contributed by atoms with Gasteiger partial charge in [0.05, 0.1) is 106 Å². The number of ketones is 2. The molecule has 2 atom stereocenters. The zero-order chi connectivity index (χ0) is 74.9. The lowest BCUT2D eigenvalue weighted by Crippen LogP contribution is -2.13. The van der Waals surface area contributed by atoms with Crippen molar-refractivity contribution in [3.8, 4) is 12.1 Å². The molecule has 2 aliphatic rings. The minimum absolute atomic E-state index is 0.0322.